The molecule has 0 aromatic heterocycles. The van der Waals surface area contributed by atoms with E-state index in [0.717, 1.165) is 23.5 Å². The van der Waals surface area contributed by atoms with Crippen molar-refractivity contribution in [3.63, 3.8) is 0 Å². The minimum absolute atomic E-state index is 0.0319. The van der Waals surface area contributed by atoms with Gasteiger partial charge in [0.25, 0.3) is 5.69 Å². The molecular weight excluding hydrogens is 477 g/mol. The lowest BCUT2D eigenvalue weighted by Gasteiger charge is -1.97. The number of hydrogen-bond acceptors (Lipinski definition) is 5. The van der Waals surface area contributed by atoms with E-state index in [2.05, 4.69) is 0 Å². The third-order valence-electron chi connectivity index (χ3n) is 3.99. The van der Waals surface area contributed by atoms with Crippen LogP contribution in [0.2, 0.25) is 15.1 Å². The number of aryl methyl sites for hydroxylation is 2. The molecule has 0 saturated heterocycles. The van der Waals surface area contributed by atoms with Crippen molar-refractivity contribution < 1.29 is 19.3 Å². The van der Waals surface area contributed by atoms with Crippen molar-refractivity contribution in [2.45, 2.75) is 13.8 Å². The van der Waals surface area contributed by atoms with Gasteiger partial charge in [0.05, 0.1) is 26.1 Å². The lowest BCUT2D eigenvalue weighted by atomic mass is 10.1. The summed E-state index contributed by atoms with van der Waals surface area (Å²) in [5.74, 6) is 0. The highest BCUT2D eigenvalue weighted by Gasteiger charge is 2.12. The summed E-state index contributed by atoms with van der Waals surface area (Å²) in [7, 11) is 0. The average molecular weight is 495 g/mol. The summed E-state index contributed by atoms with van der Waals surface area (Å²) in [6.07, 6.45) is 1.95. The van der Waals surface area contributed by atoms with E-state index in [0.29, 0.717) is 28.2 Å². The van der Waals surface area contributed by atoms with Crippen molar-refractivity contribution in [1.82, 2.24) is 0 Å². The Labute approximate surface area is 199 Å². The highest BCUT2D eigenvalue weighted by Crippen LogP contribution is 2.22. The molecule has 0 atom stereocenters. The Hall–Kier alpha value is -3.06. The van der Waals surface area contributed by atoms with Crippen LogP contribution in [-0.2, 0) is 0 Å². The molecule has 0 bridgehead atoms. The van der Waals surface area contributed by atoms with Crippen molar-refractivity contribution >= 4 is 59.3 Å². The molecule has 0 amide bonds. The second-order valence-electron chi connectivity index (χ2n) is 6.31. The molecule has 0 fully saturated rings. The number of benzene rings is 3. The van der Waals surface area contributed by atoms with Crippen molar-refractivity contribution in [3.05, 3.63) is 108 Å². The Kier molecular flexibility index (Phi) is 11.3. The van der Waals surface area contributed by atoms with Crippen LogP contribution in [0.1, 0.15) is 42.2 Å². The summed E-state index contributed by atoms with van der Waals surface area (Å²) in [6, 6.07) is 14.6. The molecule has 0 unspecified atom stereocenters. The van der Waals surface area contributed by atoms with Gasteiger partial charge in [-0.25, -0.2) is 0 Å². The van der Waals surface area contributed by atoms with E-state index in [9.17, 15) is 24.5 Å². The number of halogens is 3. The third-order valence-corrected chi connectivity index (χ3v) is 4.88. The maximum Gasteiger partial charge on any atom is 0.281 e. The zero-order chi connectivity index (χ0) is 24.3. The minimum atomic E-state index is -0.643. The van der Waals surface area contributed by atoms with Gasteiger partial charge in [-0.05, 0) is 43.7 Å². The number of nitro groups is 1. The first-order valence-corrected chi connectivity index (χ1v) is 10.1. The van der Waals surface area contributed by atoms with Gasteiger partial charge in [-0.3, -0.25) is 24.5 Å². The van der Waals surface area contributed by atoms with E-state index < -0.39 is 4.92 Å². The molecule has 0 aliphatic heterocycles. The van der Waals surface area contributed by atoms with Crippen molar-refractivity contribution in [1.29, 1.82) is 0 Å². The first kappa shape index (κ1) is 27.0. The highest BCUT2D eigenvalue weighted by atomic mass is 35.5. The van der Waals surface area contributed by atoms with Crippen LogP contribution in [0.15, 0.2) is 54.6 Å². The number of nitrogens with zero attached hydrogens (tertiary/aromatic N) is 1. The molecule has 9 heteroatoms. The fourth-order valence-corrected chi connectivity index (χ4v) is 3.01. The van der Waals surface area contributed by atoms with E-state index in [-0.39, 0.29) is 16.3 Å². The molecular formula is C23H18Cl3NO5. The number of hydrogen-bond donors (Lipinski definition) is 0. The van der Waals surface area contributed by atoms with Gasteiger partial charge >= 0.3 is 0 Å². The third kappa shape index (κ3) is 8.23. The van der Waals surface area contributed by atoms with Gasteiger partial charge in [-0.15, -0.1) is 0 Å². The smallest absolute Gasteiger partial charge is 0.281 e. The van der Waals surface area contributed by atoms with Crippen molar-refractivity contribution in [2.75, 3.05) is 0 Å². The molecule has 0 radical (unpaired) electrons. The number of aldehydes is 3. The number of rotatable bonds is 4. The van der Waals surface area contributed by atoms with E-state index >= 15 is 0 Å². The highest BCUT2D eigenvalue weighted by molar-refractivity contribution is 6.38. The van der Waals surface area contributed by atoms with Crippen molar-refractivity contribution in [3.8, 4) is 0 Å². The first-order valence-electron chi connectivity index (χ1n) is 8.95. The van der Waals surface area contributed by atoms with E-state index in [1.807, 2.05) is 32.0 Å². The first-order chi connectivity index (χ1) is 15.1. The second-order valence-corrected chi connectivity index (χ2v) is 7.56. The molecule has 3 aromatic rings. The molecule has 6 nitrogen and oxygen atoms in total. The van der Waals surface area contributed by atoms with Gasteiger partial charge in [0.2, 0.25) is 0 Å². The van der Waals surface area contributed by atoms with Crippen LogP contribution in [0.3, 0.4) is 0 Å². The Morgan fingerprint density at radius 2 is 1.34 bits per heavy atom. The zero-order valence-corrected chi connectivity index (χ0v) is 19.3. The maximum absolute atomic E-state index is 10.3. The fourth-order valence-electron chi connectivity index (χ4n) is 2.36. The monoisotopic (exact) mass is 493 g/mol. The standard InChI is InChI=1S/C9H10O.C7H4Cl2O.C7H4ClNO3/c1-7-3-4-9(6-10)8(2)5-7;8-6-2-1-3-7(9)5(6)4-10;8-6-2-1-5(4-10)7(3-6)9(11)12/h3-6H,1-2H3;1-4H;1-4H. The van der Waals surface area contributed by atoms with Crippen LogP contribution in [0.4, 0.5) is 5.69 Å². The maximum atomic E-state index is 10.3. The lowest BCUT2D eigenvalue weighted by Crippen LogP contribution is -1.93. The molecule has 3 rings (SSSR count). The molecule has 166 valence electrons. The molecule has 0 N–H and O–H groups in total. The van der Waals surface area contributed by atoms with Gasteiger partial charge in [0.1, 0.15) is 6.29 Å². The van der Waals surface area contributed by atoms with Gasteiger partial charge < -0.3 is 0 Å². The van der Waals surface area contributed by atoms with E-state index in [1.165, 1.54) is 17.7 Å². The molecule has 0 aliphatic carbocycles. The Morgan fingerprint density at radius 3 is 1.78 bits per heavy atom. The van der Waals surface area contributed by atoms with Gasteiger partial charge in [-0.1, -0.05) is 64.6 Å². The van der Waals surface area contributed by atoms with Gasteiger partial charge in [0, 0.05) is 16.7 Å². The van der Waals surface area contributed by atoms with Crippen LogP contribution in [0.25, 0.3) is 0 Å². The normalized spacial score (nSPS) is 9.41. The van der Waals surface area contributed by atoms with Gasteiger partial charge in [-0.2, -0.15) is 0 Å². The summed E-state index contributed by atoms with van der Waals surface area (Å²) in [6.45, 7) is 3.96. The Balaban J connectivity index is 0.000000241. The molecule has 0 saturated carbocycles. The van der Waals surface area contributed by atoms with Crippen LogP contribution in [0.5, 0.6) is 0 Å². The van der Waals surface area contributed by atoms with E-state index in [1.54, 1.807) is 18.2 Å². The summed E-state index contributed by atoms with van der Waals surface area (Å²) in [5, 5.41) is 11.3. The summed E-state index contributed by atoms with van der Waals surface area (Å²) >= 11 is 16.7. The SMILES string of the molecule is Cc1ccc(C=O)c(C)c1.O=Cc1c(Cl)cccc1Cl.O=Cc1ccc(Cl)cc1[N+](=O)[O-]. The minimum Gasteiger partial charge on any atom is -0.298 e. The quantitative estimate of drug-likeness (QED) is 0.221. The Bertz CT molecular complexity index is 1110. The summed E-state index contributed by atoms with van der Waals surface area (Å²) in [5.41, 5.74) is 3.15. The van der Waals surface area contributed by atoms with Crippen LogP contribution in [-0.4, -0.2) is 23.8 Å². The number of nitro benzene ring substituents is 1. The molecule has 0 spiro atoms. The average Bonchev–Trinajstić information content (AvgIpc) is 2.75. The van der Waals surface area contributed by atoms with Crippen LogP contribution in [0, 0.1) is 24.0 Å². The molecule has 32 heavy (non-hydrogen) atoms. The summed E-state index contributed by atoms with van der Waals surface area (Å²) in [4.78, 5) is 40.6. The largest absolute Gasteiger partial charge is 0.298 e. The lowest BCUT2D eigenvalue weighted by molar-refractivity contribution is -0.385. The second kappa shape index (κ2) is 13.4. The summed E-state index contributed by atoms with van der Waals surface area (Å²) < 4.78 is 0. The molecule has 0 heterocycles. The molecule has 3 aromatic carbocycles. The predicted octanol–water partition coefficient (Wildman–Crippen LogP) is 6.98. The number of carbonyl (C=O) groups excluding carboxylic acids is 3. The van der Waals surface area contributed by atoms with Crippen molar-refractivity contribution in [2.24, 2.45) is 0 Å². The topological polar surface area (TPSA) is 94.3 Å². The fraction of sp³-hybridized carbons (Fsp3) is 0.0870. The van der Waals surface area contributed by atoms with E-state index in [4.69, 9.17) is 34.8 Å². The zero-order valence-electron chi connectivity index (χ0n) is 17.1. The molecule has 0 aliphatic rings. The Morgan fingerprint density at radius 1 is 0.781 bits per heavy atom. The van der Waals surface area contributed by atoms with Crippen LogP contribution >= 0.6 is 34.8 Å². The number of carbonyl (C=O) groups is 3. The predicted molar refractivity (Wildman–Crippen MR) is 127 cm³/mol. The van der Waals surface area contributed by atoms with Crippen LogP contribution < -0.4 is 0 Å². The van der Waals surface area contributed by atoms with Gasteiger partial charge in [0.15, 0.2) is 12.6 Å².